The Kier molecular flexibility index (Phi) is 4.59. The van der Waals surface area contributed by atoms with E-state index in [4.69, 9.17) is 0 Å². The summed E-state index contributed by atoms with van der Waals surface area (Å²) in [6, 6.07) is 6.76. The minimum atomic E-state index is -0.159. The van der Waals surface area contributed by atoms with Gasteiger partial charge in [-0.3, -0.25) is 0 Å². The van der Waals surface area contributed by atoms with Crippen molar-refractivity contribution in [1.82, 2.24) is 0 Å². The van der Waals surface area contributed by atoms with E-state index in [2.05, 4.69) is 29.8 Å². The van der Waals surface area contributed by atoms with E-state index < -0.39 is 0 Å². The van der Waals surface area contributed by atoms with Gasteiger partial charge in [-0.15, -0.1) is 0 Å². The maximum atomic E-state index is 12.6. The second-order valence-electron chi connectivity index (χ2n) is 3.93. The van der Waals surface area contributed by atoms with Crippen molar-refractivity contribution in [3.63, 3.8) is 0 Å². The van der Waals surface area contributed by atoms with Crippen molar-refractivity contribution in [2.75, 3.05) is 0 Å². The standard InChI is InChI=1S/C12H16BrF/c1-9(2)12(13)8-5-10-3-6-11(14)7-4-10/h3-4,6-7,9,12H,5,8H2,1-2H3. The van der Waals surface area contributed by atoms with Crippen LogP contribution in [0.15, 0.2) is 24.3 Å². The highest BCUT2D eigenvalue weighted by molar-refractivity contribution is 9.09. The van der Waals surface area contributed by atoms with Gasteiger partial charge in [-0.1, -0.05) is 41.9 Å². The molecule has 0 heterocycles. The number of alkyl halides is 1. The van der Waals surface area contributed by atoms with Crippen LogP contribution in [0, 0.1) is 11.7 Å². The highest BCUT2D eigenvalue weighted by Crippen LogP contribution is 2.18. The van der Waals surface area contributed by atoms with Gasteiger partial charge in [0.2, 0.25) is 0 Å². The van der Waals surface area contributed by atoms with Gasteiger partial charge in [0.05, 0.1) is 0 Å². The lowest BCUT2D eigenvalue weighted by molar-refractivity contribution is 0.581. The Morgan fingerprint density at radius 1 is 1.21 bits per heavy atom. The number of hydrogen-bond donors (Lipinski definition) is 0. The van der Waals surface area contributed by atoms with Gasteiger partial charge >= 0.3 is 0 Å². The zero-order chi connectivity index (χ0) is 10.6. The summed E-state index contributed by atoms with van der Waals surface area (Å²) in [5.41, 5.74) is 1.21. The summed E-state index contributed by atoms with van der Waals surface area (Å²) in [4.78, 5) is 0.549. The Hall–Kier alpha value is -0.370. The van der Waals surface area contributed by atoms with E-state index in [0.29, 0.717) is 10.7 Å². The third-order valence-electron chi connectivity index (χ3n) is 2.35. The van der Waals surface area contributed by atoms with Crippen LogP contribution in [0.2, 0.25) is 0 Å². The van der Waals surface area contributed by atoms with Crippen LogP contribution < -0.4 is 0 Å². The van der Waals surface area contributed by atoms with Gasteiger partial charge in [-0.05, 0) is 36.5 Å². The molecule has 14 heavy (non-hydrogen) atoms. The lowest BCUT2D eigenvalue weighted by atomic mass is 10.0. The van der Waals surface area contributed by atoms with Crippen LogP contribution in [0.4, 0.5) is 4.39 Å². The molecule has 0 bridgehead atoms. The maximum Gasteiger partial charge on any atom is 0.123 e. The molecule has 0 aliphatic heterocycles. The van der Waals surface area contributed by atoms with Crippen molar-refractivity contribution < 1.29 is 4.39 Å². The molecule has 0 radical (unpaired) electrons. The molecule has 0 N–H and O–H groups in total. The zero-order valence-corrected chi connectivity index (χ0v) is 10.2. The summed E-state index contributed by atoms with van der Waals surface area (Å²) < 4.78 is 12.6. The fourth-order valence-electron chi connectivity index (χ4n) is 1.29. The Labute approximate surface area is 93.7 Å². The van der Waals surface area contributed by atoms with E-state index in [1.807, 2.05) is 12.1 Å². The molecule has 0 nitrogen and oxygen atoms in total. The quantitative estimate of drug-likeness (QED) is 0.711. The first-order valence-corrected chi connectivity index (χ1v) is 5.89. The smallest absolute Gasteiger partial charge is 0.123 e. The number of halogens is 2. The van der Waals surface area contributed by atoms with Crippen LogP contribution in [-0.2, 0) is 6.42 Å². The monoisotopic (exact) mass is 258 g/mol. The summed E-state index contributed by atoms with van der Waals surface area (Å²) in [5.74, 6) is 0.489. The van der Waals surface area contributed by atoms with Gasteiger partial charge in [-0.25, -0.2) is 4.39 Å². The fraction of sp³-hybridized carbons (Fsp3) is 0.500. The molecule has 1 rings (SSSR count). The van der Waals surface area contributed by atoms with E-state index in [9.17, 15) is 4.39 Å². The molecule has 2 heteroatoms. The van der Waals surface area contributed by atoms with Gasteiger partial charge in [-0.2, -0.15) is 0 Å². The van der Waals surface area contributed by atoms with Gasteiger partial charge in [0, 0.05) is 4.83 Å². The predicted molar refractivity (Wildman–Crippen MR) is 62.3 cm³/mol. The largest absolute Gasteiger partial charge is 0.207 e. The normalized spacial score (nSPS) is 13.2. The summed E-state index contributed by atoms with van der Waals surface area (Å²) in [6.45, 7) is 4.40. The van der Waals surface area contributed by atoms with Gasteiger partial charge in [0.1, 0.15) is 5.82 Å². The van der Waals surface area contributed by atoms with Crippen molar-refractivity contribution in [2.24, 2.45) is 5.92 Å². The number of rotatable bonds is 4. The van der Waals surface area contributed by atoms with Gasteiger partial charge < -0.3 is 0 Å². The molecule has 0 spiro atoms. The average Bonchev–Trinajstić information content (AvgIpc) is 2.16. The molecule has 0 amide bonds. The van der Waals surface area contributed by atoms with Crippen LogP contribution in [0.1, 0.15) is 25.8 Å². The van der Waals surface area contributed by atoms with Crippen LogP contribution in [-0.4, -0.2) is 4.83 Å². The lowest BCUT2D eigenvalue weighted by Gasteiger charge is -2.13. The Morgan fingerprint density at radius 2 is 1.79 bits per heavy atom. The molecular weight excluding hydrogens is 243 g/mol. The first-order chi connectivity index (χ1) is 6.59. The second kappa shape index (κ2) is 5.50. The molecule has 78 valence electrons. The number of hydrogen-bond acceptors (Lipinski definition) is 0. The average molecular weight is 259 g/mol. The SMILES string of the molecule is CC(C)C(Br)CCc1ccc(F)cc1. The van der Waals surface area contributed by atoms with Crippen molar-refractivity contribution in [2.45, 2.75) is 31.5 Å². The van der Waals surface area contributed by atoms with Crippen LogP contribution in [0.5, 0.6) is 0 Å². The molecule has 0 aliphatic rings. The van der Waals surface area contributed by atoms with Crippen LogP contribution >= 0.6 is 15.9 Å². The predicted octanol–water partition coefficient (Wildman–Crippen LogP) is 4.18. The third-order valence-corrected chi connectivity index (χ3v) is 3.86. The molecule has 1 aromatic carbocycles. The summed E-state index contributed by atoms with van der Waals surface area (Å²) >= 11 is 3.64. The number of benzene rings is 1. The molecule has 0 saturated carbocycles. The Bertz CT molecular complexity index is 266. The number of aryl methyl sites for hydroxylation is 1. The van der Waals surface area contributed by atoms with Gasteiger partial charge in [0.25, 0.3) is 0 Å². The Morgan fingerprint density at radius 3 is 2.29 bits per heavy atom. The molecule has 0 saturated heterocycles. The van der Waals surface area contributed by atoms with E-state index in [1.165, 1.54) is 17.7 Å². The molecule has 1 unspecified atom stereocenters. The molecule has 0 aromatic heterocycles. The molecular formula is C12H16BrF. The lowest BCUT2D eigenvalue weighted by Crippen LogP contribution is -2.08. The fourth-order valence-corrected chi connectivity index (χ4v) is 1.52. The maximum absolute atomic E-state index is 12.6. The first-order valence-electron chi connectivity index (χ1n) is 4.98. The first kappa shape index (κ1) is 11.7. The molecule has 1 aromatic rings. The van der Waals surface area contributed by atoms with Crippen LogP contribution in [0.3, 0.4) is 0 Å². The highest BCUT2D eigenvalue weighted by Gasteiger charge is 2.08. The summed E-state index contributed by atoms with van der Waals surface area (Å²) in [6.07, 6.45) is 2.11. The topological polar surface area (TPSA) is 0 Å². The Balaban J connectivity index is 2.42. The molecule has 0 fully saturated rings. The van der Waals surface area contributed by atoms with Crippen molar-refractivity contribution in [1.29, 1.82) is 0 Å². The van der Waals surface area contributed by atoms with Gasteiger partial charge in [0.15, 0.2) is 0 Å². The highest BCUT2D eigenvalue weighted by atomic mass is 79.9. The molecule has 1 atom stereocenters. The molecule has 0 aliphatic carbocycles. The third kappa shape index (κ3) is 3.79. The summed E-state index contributed by atoms with van der Waals surface area (Å²) in [7, 11) is 0. The second-order valence-corrected chi connectivity index (χ2v) is 5.10. The van der Waals surface area contributed by atoms with Crippen molar-refractivity contribution in [3.8, 4) is 0 Å². The van der Waals surface area contributed by atoms with E-state index in [1.54, 1.807) is 0 Å². The summed E-state index contributed by atoms with van der Waals surface area (Å²) in [5, 5.41) is 0. The minimum absolute atomic E-state index is 0.159. The van der Waals surface area contributed by atoms with Crippen molar-refractivity contribution >= 4 is 15.9 Å². The minimum Gasteiger partial charge on any atom is -0.207 e. The van der Waals surface area contributed by atoms with E-state index in [0.717, 1.165) is 12.8 Å². The van der Waals surface area contributed by atoms with E-state index >= 15 is 0 Å². The zero-order valence-electron chi connectivity index (χ0n) is 8.63. The van der Waals surface area contributed by atoms with Crippen molar-refractivity contribution in [3.05, 3.63) is 35.6 Å². The van der Waals surface area contributed by atoms with E-state index in [-0.39, 0.29) is 5.82 Å². The van der Waals surface area contributed by atoms with Crippen LogP contribution in [0.25, 0.3) is 0 Å².